The summed E-state index contributed by atoms with van der Waals surface area (Å²) >= 11 is 5.80. The lowest BCUT2D eigenvalue weighted by Crippen LogP contribution is -2.31. The maximum Gasteiger partial charge on any atom is 0.129 e. The highest BCUT2D eigenvalue weighted by Gasteiger charge is 2.40. The van der Waals surface area contributed by atoms with Crippen LogP contribution < -0.4 is 4.90 Å². The summed E-state index contributed by atoms with van der Waals surface area (Å²) in [6.07, 6.45) is 3.76. The molecule has 0 amide bonds. The van der Waals surface area contributed by atoms with E-state index in [1.807, 2.05) is 11.0 Å². The van der Waals surface area contributed by atoms with Gasteiger partial charge in [0.25, 0.3) is 0 Å². The molecule has 3 rings (SSSR count). The van der Waals surface area contributed by atoms with Gasteiger partial charge in [0.2, 0.25) is 0 Å². The number of nitrogens with zero attached hydrogens (tertiary/aromatic N) is 4. The second-order valence-corrected chi connectivity index (χ2v) is 4.83. The number of β-amino-alcohol motifs (C(OH)–C–C–N with tert-alkyl or cyclic N) is 1. The fourth-order valence-corrected chi connectivity index (χ4v) is 2.29. The molecule has 7 heteroatoms. The van der Waals surface area contributed by atoms with Crippen molar-refractivity contribution in [2.45, 2.75) is 12.0 Å². The van der Waals surface area contributed by atoms with Crippen LogP contribution in [-0.2, 0) is 5.60 Å². The van der Waals surface area contributed by atoms with Gasteiger partial charge in [0.15, 0.2) is 0 Å². The van der Waals surface area contributed by atoms with Crippen molar-refractivity contribution in [2.75, 3.05) is 18.0 Å². The highest BCUT2D eigenvalue weighted by atomic mass is 35.5. The summed E-state index contributed by atoms with van der Waals surface area (Å²) in [6.45, 7) is 1.17. The third-order valence-electron chi connectivity index (χ3n) is 3.18. The zero-order valence-electron chi connectivity index (χ0n) is 9.54. The maximum atomic E-state index is 10.5. The van der Waals surface area contributed by atoms with Crippen LogP contribution in [0.2, 0.25) is 5.02 Å². The number of hydrogen-bond donors (Lipinski definition) is 2. The standard InChI is InChI=1S/C11H12ClN5O/c12-8-1-2-10(13-5-8)17-4-3-11(18,7-17)9-6-14-16-15-9/h1-2,5-6,18H,3-4,7H2,(H,14,15,16)/t11-/m1/s1. The lowest BCUT2D eigenvalue weighted by atomic mass is 10.0. The number of rotatable bonds is 2. The van der Waals surface area contributed by atoms with E-state index in [4.69, 9.17) is 11.6 Å². The normalized spacial score (nSPS) is 23.6. The molecule has 0 radical (unpaired) electrons. The molecule has 0 spiro atoms. The Bertz CT molecular complexity index is 529. The van der Waals surface area contributed by atoms with Gasteiger partial charge in [-0.25, -0.2) is 4.98 Å². The number of pyridine rings is 1. The van der Waals surface area contributed by atoms with Crippen LogP contribution in [0.1, 0.15) is 12.1 Å². The van der Waals surface area contributed by atoms with Crippen molar-refractivity contribution in [3.63, 3.8) is 0 Å². The molecular formula is C11H12ClN5O. The van der Waals surface area contributed by atoms with Crippen LogP contribution >= 0.6 is 11.6 Å². The van der Waals surface area contributed by atoms with Crippen LogP contribution in [0.3, 0.4) is 0 Å². The molecule has 0 saturated carbocycles. The minimum Gasteiger partial charge on any atom is -0.381 e. The number of anilines is 1. The first kappa shape index (κ1) is 11.4. The summed E-state index contributed by atoms with van der Waals surface area (Å²) in [5.74, 6) is 0.804. The van der Waals surface area contributed by atoms with Gasteiger partial charge in [-0.05, 0) is 12.1 Å². The summed E-state index contributed by atoms with van der Waals surface area (Å²) in [6, 6.07) is 3.63. The van der Waals surface area contributed by atoms with Crippen LogP contribution in [0, 0.1) is 0 Å². The predicted molar refractivity (Wildman–Crippen MR) is 66.4 cm³/mol. The lowest BCUT2D eigenvalue weighted by Gasteiger charge is -2.21. The maximum absolute atomic E-state index is 10.5. The molecule has 1 saturated heterocycles. The topological polar surface area (TPSA) is 77.9 Å². The first-order valence-electron chi connectivity index (χ1n) is 5.62. The molecule has 2 aromatic heterocycles. The van der Waals surface area contributed by atoms with Gasteiger partial charge < -0.3 is 10.0 Å². The van der Waals surface area contributed by atoms with Gasteiger partial charge in [-0.1, -0.05) is 11.6 Å². The molecule has 6 nitrogen and oxygen atoms in total. The number of nitrogens with one attached hydrogen (secondary N) is 1. The SMILES string of the molecule is O[C@]1(c2cn[nH]n2)CCN(c2ccc(Cl)cn2)C1. The van der Waals surface area contributed by atoms with Crippen LogP contribution in [-0.4, -0.2) is 38.6 Å². The highest BCUT2D eigenvalue weighted by molar-refractivity contribution is 6.30. The summed E-state index contributed by atoms with van der Waals surface area (Å²) < 4.78 is 0. The van der Waals surface area contributed by atoms with E-state index in [0.717, 1.165) is 12.4 Å². The van der Waals surface area contributed by atoms with E-state index in [1.54, 1.807) is 18.5 Å². The lowest BCUT2D eigenvalue weighted by molar-refractivity contribution is 0.0559. The van der Waals surface area contributed by atoms with Gasteiger partial charge in [-0.15, -0.1) is 0 Å². The van der Waals surface area contributed by atoms with Crippen molar-refractivity contribution in [3.8, 4) is 0 Å². The number of aliphatic hydroxyl groups is 1. The van der Waals surface area contributed by atoms with Crippen LogP contribution in [0.4, 0.5) is 5.82 Å². The van der Waals surface area contributed by atoms with E-state index in [0.29, 0.717) is 23.7 Å². The second-order valence-electron chi connectivity index (χ2n) is 4.39. The van der Waals surface area contributed by atoms with Crippen molar-refractivity contribution in [1.29, 1.82) is 0 Å². The van der Waals surface area contributed by atoms with Gasteiger partial charge in [0.05, 0.1) is 17.8 Å². The van der Waals surface area contributed by atoms with Gasteiger partial charge >= 0.3 is 0 Å². The van der Waals surface area contributed by atoms with E-state index >= 15 is 0 Å². The minimum atomic E-state index is -0.964. The predicted octanol–water partition coefficient (Wildman–Crippen LogP) is 0.951. The number of H-pyrrole nitrogens is 1. The van der Waals surface area contributed by atoms with Crippen molar-refractivity contribution < 1.29 is 5.11 Å². The molecule has 2 aromatic rings. The Balaban J connectivity index is 1.81. The largest absolute Gasteiger partial charge is 0.381 e. The molecular weight excluding hydrogens is 254 g/mol. The van der Waals surface area contributed by atoms with Gasteiger partial charge in [0, 0.05) is 19.2 Å². The van der Waals surface area contributed by atoms with E-state index in [2.05, 4.69) is 20.4 Å². The molecule has 1 aliphatic rings. The average molecular weight is 266 g/mol. The Morgan fingerprint density at radius 1 is 1.39 bits per heavy atom. The summed E-state index contributed by atoms with van der Waals surface area (Å²) in [5.41, 5.74) is -0.395. The smallest absolute Gasteiger partial charge is 0.129 e. The number of halogens is 1. The molecule has 18 heavy (non-hydrogen) atoms. The molecule has 3 heterocycles. The zero-order valence-corrected chi connectivity index (χ0v) is 10.3. The molecule has 0 aliphatic carbocycles. The number of aromatic amines is 1. The van der Waals surface area contributed by atoms with E-state index in [1.165, 1.54) is 0 Å². The molecule has 0 bridgehead atoms. The highest BCUT2D eigenvalue weighted by Crippen LogP contribution is 2.32. The van der Waals surface area contributed by atoms with Crippen LogP contribution in [0.25, 0.3) is 0 Å². The Hall–Kier alpha value is -1.66. The van der Waals surface area contributed by atoms with Crippen LogP contribution in [0.15, 0.2) is 24.5 Å². The fraction of sp³-hybridized carbons (Fsp3) is 0.364. The Kier molecular flexibility index (Phi) is 2.68. The quantitative estimate of drug-likeness (QED) is 0.845. The van der Waals surface area contributed by atoms with E-state index < -0.39 is 5.60 Å². The zero-order chi connectivity index (χ0) is 12.6. The average Bonchev–Trinajstić information content (AvgIpc) is 3.00. The monoisotopic (exact) mass is 265 g/mol. The molecule has 2 N–H and O–H groups in total. The Morgan fingerprint density at radius 3 is 2.94 bits per heavy atom. The van der Waals surface area contributed by atoms with E-state index in [9.17, 15) is 5.11 Å². The number of hydrogen-bond acceptors (Lipinski definition) is 5. The van der Waals surface area contributed by atoms with Crippen molar-refractivity contribution in [2.24, 2.45) is 0 Å². The Morgan fingerprint density at radius 2 is 2.28 bits per heavy atom. The first-order chi connectivity index (χ1) is 8.67. The van der Waals surface area contributed by atoms with Crippen molar-refractivity contribution in [1.82, 2.24) is 20.4 Å². The second kappa shape index (κ2) is 4.22. The van der Waals surface area contributed by atoms with Gasteiger partial charge in [-0.2, -0.15) is 15.4 Å². The third-order valence-corrected chi connectivity index (χ3v) is 3.40. The van der Waals surface area contributed by atoms with Crippen molar-refractivity contribution in [3.05, 3.63) is 35.2 Å². The molecule has 1 atom stereocenters. The third kappa shape index (κ3) is 1.93. The van der Waals surface area contributed by atoms with Gasteiger partial charge in [0.1, 0.15) is 17.1 Å². The Labute approximate surface area is 109 Å². The van der Waals surface area contributed by atoms with E-state index in [-0.39, 0.29) is 0 Å². The minimum absolute atomic E-state index is 0.453. The molecule has 1 aliphatic heterocycles. The number of aromatic nitrogens is 4. The summed E-state index contributed by atoms with van der Waals surface area (Å²) in [4.78, 5) is 6.25. The summed E-state index contributed by atoms with van der Waals surface area (Å²) in [7, 11) is 0. The van der Waals surface area contributed by atoms with Crippen molar-refractivity contribution >= 4 is 17.4 Å². The van der Waals surface area contributed by atoms with Crippen LogP contribution in [0.5, 0.6) is 0 Å². The molecule has 0 unspecified atom stereocenters. The molecule has 0 aromatic carbocycles. The van der Waals surface area contributed by atoms with Gasteiger partial charge in [-0.3, -0.25) is 0 Å². The molecule has 1 fully saturated rings. The fourth-order valence-electron chi connectivity index (χ4n) is 2.18. The summed E-state index contributed by atoms with van der Waals surface area (Å²) in [5, 5.41) is 21.3. The first-order valence-corrected chi connectivity index (χ1v) is 6.00. The molecule has 94 valence electrons.